The van der Waals surface area contributed by atoms with Gasteiger partial charge >= 0.3 is 0 Å². The van der Waals surface area contributed by atoms with Gasteiger partial charge in [0.25, 0.3) is 0 Å². The third-order valence-corrected chi connectivity index (χ3v) is 5.86. The van der Waals surface area contributed by atoms with E-state index in [0.29, 0.717) is 0 Å². The predicted molar refractivity (Wildman–Crippen MR) is 108 cm³/mol. The lowest BCUT2D eigenvalue weighted by atomic mass is 9.78. The zero-order valence-corrected chi connectivity index (χ0v) is 16.2. The van der Waals surface area contributed by atoms with E-state index in [-0.39, 0.29) is 5.02 Å². The van der Waals surface area contributed by atoms with Crippen molar-refractivity contribution in [2.75, 3.05) is 0 Å². The molecule has 0 aliphatic heterocycles. The quantitative estimate of drug-likeness (QED) is 0.487. The van der Waals surface area contributed by atoms with E-state index in [1.807, 2.05) is 12.3 Å². The number of allylic oxidation sites excluding steroid dienone is 2. The molecule has 0 N–H and O–H groups in total. The standard InChI is InChI=1S/C23H27ClFN/c1-2-3-4-17-5-7-18(8-6-17)9-10-19-11-14-23(26-16-19)20-12-13-21(24)22(25)15-20/h2-3,11-18H,4-10H2,1H3/b3-2+. The summed E-state index contributed by atoms with van der Waals surface area (Å²) in [6.07, 6.45) is 15.4. The van der Waals surface area contributed by atoms with Crippen LogP contribution in [0, 0.1) is 17.7 Å². The number of rotatable bonds is 6. The molecule has 0 saturated heterocycles. The second-order valence-corrected chi connectivity index (χ2v) is 7.82. The van der Waals surface area contributed by atoms with Crippen LogP contribution in [0.1, 0.15) is 51.0 Å². The highest BCUT2D eigenvalue weighted by atomic mass is 35.5. The average Bonchev–Trinajstić information content (AvgIpc) is 2.68. The van der Waals surface area contributed by atoms with Crippen molar-refractivity contribution >= 4 is 11.6 Å². The highest BCUT2D eigenvalue weighted by Gasteiger charge is 2.20. The Kier molecular flexibility index (Phi) is 6.85. The number of halogens is 2. The van der Waals surface area contributed by atoms with Crippen LogP contribution in [-0.4, -0.2) is 4.98 Å². The van der Waals surface area contributed by atoms with E-state index >= 15 is 0 Å². The van der Waals surface area contributed by atoms with E-state index in [1.54, 1.807) is 12.1 Å². The molecule has 1 aromatic carbocycles. The Balaban J connectivity index is 1.50. The molecule has 0 unspecified atom stereocenters. The fourth-order valence-electron chi connectivity index (χ4n) is 3.85. The van der Waals surface area contributed by atoms with E-state index in [1.165, 1.54) is 50.2 Å². The van der Waals surface area contributed by atoms with Crippen LogP contribution in [0.2, 0.25) is 5.02 Å². The highest BCUT2D eigenvalue weighted by molar-refractivity contribution is 6.30. The number of benzene rings is 1. The molecule has 3 heteroatoms. The van der Waals surface area contributed by atoms with E-state index in [4.69, 9.17) is 11.6 Å². The molecular formula is C23H27ClFN. The monoisotopic (exact) mass is 371 g/mol. The van der Waals surface area contributed by atoms with E-state index < -0.39 is 5.82 Å². The van der Waals surface area contributed by atoms with Gasteiger partial charge in [-0.3, -0.25) is 4.98 Å². The Morgan fingerprint density at radius 2 is 1.88 bits per heavy atom. The number of aromatic nitrogens is 1. The zero-order valence-electron chi connectivity index (χ0n) is 15.4. The van der Waals surface area contributed by atoms with Gasteiger partial charge in [0.05, 0.1) is 10.7 Å². The molecule has 1 fully saturated rings. The molecule has 0 radical (unpaired) electrons. The molecule has 1 saturated carbocycles. The number of hydrogen-bond donors (Lipinski definition) is 0. The van der Waals surface area contributed by atoms with Gasteiger partial charge in [-0.25, -0.2) is 4.39 Å². The zero-order chi connectivity index (χ0) is 18.4. The number of nitrogens with zero attached hydrogens (tertiary/aromatic N) is 1. The summed E-state index contributed by atoms with van der Waals surface area (Å²) in [6, 6.07) is 8.92. The van der Waals surface area contributed by atoms with Crippen LogP contribution in [0.3, 0.4) is 0 Å². The highest BCUT2D eigenvalue weighted by Crippen LogP contribution is 2.33. The molecule has 1 aliphatic carbocycles. The van der Waals surface area contributed by atoms with Gasteiger partial charge in [-0.05, 0) is 74.6 Å². The fourth-order valence-corrected chi connectivity index (χ4v) is 3.97. The molecule has 1 heterocycles. The van der Waals surface area contributed by atoms with Crippen molar-refractivity contribution in [3.05, 3.63) is 65.1 Å². The van der Waals surface area contributed by atoms with Crippen molar-refractivity contribution in [1.82, 2.24) is 4.98 Å². The summed E-state index contributed by atoms with van der Waals surface area (Å²) in [5.74, 6) is 1.34. The third-order valence-electron chi connectivity index (χ3n) is 5.55. The molecule has 138 valence electrons. The predicted octanol–water partition coefficient (Wildman–Crippen LogP) is 7.25. The molecule has 2 aromatic rings. The summed E-state index contributed by atoms with van der Waals surface area (Å²) in [6.45, 7) is 2.11. The van der Waals surface area contributed by atoms with Gasteiger partial charge in [0, 0.05) is 11.8 Å². The van der Waals surface area contributed by atoms with Crippen molar-refractivity contribution < 1.29 is 4.39 Å². The molecule has 1 nitrogen and oxygen atoms in total. The van der Waals surface area contributed by atoms with Crippen LogP contribution in [0.5, 0.6) is 0 Å². The Morgan fingerprint density at radius 1 is 1.12 bits per heavy atom. The first kappa shape index (κ1) is 19.1. The van der Waals surface area contributed by atoms with Crippen molar-refractivity contribution in [3.63, 3.8) is 0 Å². The molecule has 1 aromatic heterocycles. The summed E-state index contributed by atoms with van der Waals surface area (Å²) < 4.78 is 13.6. The Hall–Kier alpha value is -1.67. The van der Waals surface area contributed by atoms with Crippen LogP contribution in [0.25, 0.3) is 11.3 Å². The van der Waals surface area contributed by atoms with E-state index in [0.717, 1.165) is 29.5 Å². The third kappa shape index (κ3) is 5.17. The van der Waals surface area contributed by atoms with Gasteiger partial charge in [-0.2, -0.15) is 0 Å². The van der Waals surface area contributed by atoms with E-state index in [2.05, 4.69) is 30.1 Å². The maximum atomic E-state index is 13.6. The van der Waals surface area contributed by atoms with Crippen molar-refractivity contribution in [2.45, 2.75) is 51.9 Å². The molecule has 0 spiro atoms. The molecule has 26 heavy (non-hydrogen) atoms. The lowest BCUT2D eigenvalue weighted by Gasteiger charge is -2.27. The van der Waals surface area contributed by atoms with Gasteiger partial charge in [0.1, 0.15) is 5.82 Å². The number of aryl methyl sites for hydroxylation is 1. The van der Waals surface area contributed by atoms with Crippen LogP contribution in [-0.2, 0) is 6.42 Å². The molecule has 0 atom stereocenters. The second-order valence-electron chi connectivity index (χ2n) is 7.41. The summed E-state index contributed by atoms with van der Waals surface area (Å²) >= 11 is 5.74. The maximum absolute atomic E-state index is 13.6. The van der Waals surface area contributed by atoms with E-state index in [9.17, 15) is 4.39 Å². The smallest absolute Gasteiger partial charge is 0.142 e. The second kappa shape index (κ2) is 9.32. The Bertz CT molecular complexity index is 730. The van der Waals surface area contributed by atoms with Crippen LogP contribution < -0.4 is 0 Å². The average molecular weight is 372 g/mol. The van der Waals surface area contributed by atoms with Crippen molar-refractivity contribution in [3.8, 4) is 11.3 Å². The molecule has 1 aliphatic rings. The lowest BCUT2D eigenvalue weighted by Crippen LogP contribution is -2.14. The molecule has 3 rings (SSSR count). The lowest BCUT2D eigenvalue weighted by molar-refractivity contribution is 0.265. The normalized spacial score (nSPS) is 20.6. The first-order valence-electron chi connectivity index (χ1n) is 9.67. The molecular weight excluding hydrogens is 345 g/mol. The summed E-state index contributed by atoms with van der Waals surface area (Å²) in [5, 5.41) is 0.144. The molecule has 0 bridgehead atoms. The number of pyridine rings is 1. The van der Waals surface area contributed by atoms with Crippen LogP contribution in [0.4, 0.5) is 4.39 Å². The summed E-state index contributed by atoms with van der Waals surface area (Å²) in [5.41, 5.74) is 2.81. The Labute approximate surface area is 161 Å². The maximum Gasteiger partial charge on any atom is 0.142 e. The van der Waals surface area contributed by atoms with Gasteiger partial charge in [0.2, 0.25) is 0 Å². The topological polar surface area (TPSA) is 12.9 Å². The van der Waals surface area contributed by atoms with Crippen LogP contribution >= 0.6 is 11.6 Å². The first-order valence-corrected chi connectivity index (χ1v) is 10.0. The van der Waals surface area contributed by atoms with Gasteiger partial charge < -0.3 is 0 Å². The van der Waals surface area contributed by atoms with Crippen molar-refractivity contribution in [1.29, 1.82) is 0 Å². The summed E-state index contributed by atoms with van der Waals surface area (Å²) in [4.78, 5) is 4.51. The minimum absolute atomic E-state index is 0.144. The van der Waals surface area contributed by atoms with Crippen molar-refractivity contribution in [2.24, 2.45) is 11.8 Å². The van der Waals surface area contributed by atoms with Crippen LogP contribution in [0.15, 0.2) is 48.7 Å². The minimum atomic E-state index is -0.403. The fraction of sp³-hybridized carbons (Fsp3) is 0.435. The molecule has 0 amide bonds. The Morgan fingerprint density at radius 3 is 2.54 bits per heavy atom. The number of hydrogen-bond acceptors (Lipinski definition) is 1. The largest absolute Gasteiger partial charge is 0.256 e. The first-order chi connectivity index (χ1) is 12.7. The summed E-state index contributed by atoms with van der Waals surface area (Å²) in [7, 11) is 0. The van der Waals surface area contributed by atoms with Gasteiger partial charge in [-0.15, -0.1) is 0 Å². The van der Waals surface area contributed by atoms with Gasteiger partial charge in [-0.1, -0.05) is 48.7 Å². The minimum Gasteiger partial charge on any atom is -0.256 e. The van der Waals surface area contributed by atoms with Gasteiger partial charge in [0.15, 0.2) is 0 Å². The SMILES string of the molecule is C/C=C/CC1CCC(CCc2ccc(-c3ccc(Cl)c(F)c3)nc2)CC1.